The molecule has 0 spiro atoms. The molecule has 0 aliphatic carbocycles. The van der Waals surface area contributed by atoms with Gasteiger partial charge in [-0.3, -0.25) is 0 Å². The van der Waals surface area contributed by atoms with Crippen LogP contribution in [-0.2, 0) is 6.42 Å². The minimum Gasteiger partial charge on any atom is -0.313 e. The van der Waals surface area contributed by atoms with Crippen molar-refractivity contribution in [2.45, 2.75) is 72.1 Å². The van der Waals surface area contributed by atoms with E-state index in [0.29, 0.717) is 6.04 Å². The zero-order chi connectivity index (χ0) is 15.8. The van der Waals surface area contributed by atoms with Crippen LogP contribution in [-0.4, -0.2) is 23.6 Å². The molecular formula is C19H33NS. The van der Waals surface area contributed by atoms with Gasteiger partial charge in [-0.15, -0.1) is 0 Å². The second-order valence-corrected chi connectivity index (χ2v) is 7.76. The van der Waals surface area contributed by atoms with Crippen molar-refractivity contribution in [2.24, 2.45) is 0 Å². The fourth-order valence-electron chi connectivity index (χ4n) is 2.72. The highest BCUT2D eigenvalue weighted by Gasteiger charge is 2.14. The Balaban J connectivity index is 2.75. The van der Waals surface area contributed by atoms with E-state index in [1.807, 2.05) is 0 Å². The van der Waals surface area contributed by atoms with Crippen LogP contribution in [0.25, 0.3) is 0 Å². The van der Waals surface area contributed by atoms with Crippen LogP contribution in [0.1, 0.15) is 55.9 Å². The van der Waals surface area contributed by atoms with Gasteiger partial charge in [0.05, 0.1) is 0 Å². The molecule has 0 aliphatic heterocycles. The summed E-state index contributed by atoms with van der Waals surface area (Å²) in [6.07, 6.45) is 3.62. The molecule has 2 heteroatoms. The molecule has 0 saturated heterocycles. The van der Waals surface area contributed by atoms with Gasteiger partial charge < -0.3 is 5.32 Å². The molecule has 0 aromatic heterocycles. The minimum absolute atomic E-state index is 0.587. The van der Waals surface area contributed by atoms with Gasteiger partial charge in [0.25, 0.3) is 0 Å². The largest absolute Gasteiger partial charge is 0.313 e. The summed E-state index contributed by atoms with van der Waals surface area (Å²) in [6, 6.07) is 5.23. The predicted molar refractivity (Wildman–Crippen MR) is 98.6 cm³/mol. The summed E-state index contributed by atoms with van der Waals surface area (Å²) < 4.78 is 0. The summed E-state index contributed by atoms with van der Waals surface area (Å²) in [6.45, 7) is 14.7. The van der Waals surface area contributed by atoms with Crippen LogP contribution in [0.3, 0.4) is 0 Å². The third-order valence-electron chi connectivity index (χ3n) is 4.13. The van der Waals surface area contributed by atoms with E-state index < -0.39 is 0 Å². The molecule has 2 unspecified atom stereocenters. The fraction of sp³-hybridized carbons (Fsp3) is 0.684. The molecule has 1 aromatic rings. The molecule has 1 N–H and O–H groups in total. The van der Waals surface area contributed by atoms with Crippen molar-refractivity contribution in [3.8, 4) is 0 Å². The van der Waals surface area contributed by atoms with Gasteiger partial charge in [0.1, 0.15) is 0 Å². The Morgan fingerprint density at radius 2 is 1.71 bits per heavy atom. The highest BCUT2D eigenvalue weighted by molar-refractivity contribution is 7.99. The Bertz CT molecular complexity index is 405. The van der Waals surface area contributed by atoms with E-state index >= 15 is 0 Å². The molecule has 1 nitrogen and oxygen atoms in total. The average Bonchev–Trinajstić information content (AvgIpc) is 2.44. The third-order valence-corrected chi connectivity index (χ3v) is 5.63. The summed E-state index contributed by atoms with van der Waals surface area (Å²) >= 11 is 2.11. The molecule has 0 radical (unpaired) electrons. The Morgan fingerprint density at radius 3 is 2.24 bits per heavy atom. The molecule has 120 valence electrons. The van der Waals surface area contributed by atoms with E-state index in [1.54, 1.807) is 5.56 Å². The van der Waals surface area contributed by atoms with E-state index in [4.69, 9.17) is 0 Å². The molecular weight excluding hydrogens is 274 g/mol. The van der Waals surface area contributed by atoms with E-state index in [9.17, 15) is 0 Å². The van der Waals surface area contributed by atoms with Gasteiger partial charge >= 0.3 is 0 Å². The van der Waals surface area contributed by atoms with E-state index in [0.717, 1.165) is 18.2 Å². The monoisotopic (exact) mass is 307 g/mol. The molecule has 21 heavy (non-hydrogen) atoms. The Labute approximate surface area is 136 Å². The van der Waals surface area contributed by atoms with Gasteiger partial charge in [-0.1, -0.05) is 38.5 Å². The molecule has 0 bridgehead atoms. The predicted octanol–water partition coefficient (Wildman–Crippen LogP) is 5.05. The Kier molecular flexibility index (Phi) is 8.43. The van der Waals surface area contributed by atoms with Crippen molar-refractivity contribution in [2.75, 3.05) is 12.3 Å². The highest BCUT2D eigenvalue weighted by Crippen LogP contribution is 2.21. The summed E-state index contributed by atoms with van der Waals surface area (Å²) in [5.74, 6) is 1.21. The minimum atomic E-state index is 0.587. The molecule has 0 fully saturated rings. The highest BCUT2D eigenvalue weighted by atomic mass is 32.2. The molecule has 1 aromatic carbocycles. The molecule has 0 amide bonds. The Morgan fingerprint density at radius 1 is 1.10 bits per heavy atom. The van der Waals surface area contributed by atoms with Crippen molar-refractivity contribution in [1.82, 2.24) is 5.32 Å². The van der Waals surface area contributed by atoms with Crippen LogP contribution in [0.2, 0.25) is 0 Å². The number of rotatable bonds is 9. The molecule has 0 saturated carbocycles. The number of nitrogens with one attached hydrogen (secondary N) is 1. The van der Waals surface area contributed by atoms with Crippen molar-refractivity contribution in [3.63, 3.8) is 0 Å². The third kappa shape index (κ3) is 6.44. The number of hydrogen-bond acceptors (Lipinski definition) is 2. The number of aryl methyl sites for hydroxylation is 3. The summed E-state index contributed by atoms with van der Waals surface area (Å²) in [5.41, 5.74) is 5.81. The molecule has 1 rings (SSSR count). The normalized spacial score (nSPS) is 14.2. The van der Waals surface area contributed by atoms with Gasteiger partial charge in [0, 0.05) is 17.0 Å². The van der Waals surface area contributed by atoms with Crippen molar-refractivity contribution >= 4 is 11.8 Å². The summed E-state index contributed by atoms with van der Waals surface area (Å²) in [7, 11) is 0. The fourth-order valence-corrected chi connectivity index (χ4v) is 3.75. The van der Waals surface area contributed by atoms with Crippen LogP contribution >= 0.6 is 11.8 Å². The first-order chi connectivity index (χ1) is 9.97. The van der Waals surface area contributed by atoms with Gasteiger partial charge in [-0.05, 0) is 63.3 Å². The maximum atomic E-state index is 3.75. The number of hydrogen-bond donors (Lipinski definition) is 1. The Hall–Kier alpha value is -0.470. The lowest BCUT2D eigenvalue weighted by Gasteiger charge is -2.22. The number of benzene rings is 1. The zero-order valence-corrected chi connectivity index (χ0v) is 15.6. The smallest absolute Gasteiger partial charge is 0.0198 e. The molecule has 0 aliphatic rings. The summed E-state index contributed by atoms with van der Waals surface area (Å²) in [4.78, 5) is 0. The van der Waals surface area contributed by atoms with Crippen LogP contribution in [0, 0.1) is 20.8 Å². The van der Waals surface area contributed by atoms with Crippen LogP contribution in [0.4, 0.5) is 0 Å². The first-order valence-corrected chi connectivity index (χ1v) is 9.44. The second-order valence-electron chi connectivity index (χ2n) is 6.28. The lowest BCUT2D eigenvalue weighted by Crippen LogP contribution is -2.35. The molecule has 2 atom stereocenters. The SMILES string of the molecule is CCCNC(CSC(C)CC)Cc1c(C)cc(C)cc1C. The zero-order valence-electron chi connectivity index (χ0n) is 14.8. The van der Waals surface area contributed by atoms with Gasteiger partial charge in [0.15, 0.2) is 0 Å². The standard InChI is InChI=1S/C19H33NS/c1-7-9-20-18(13-21-17(6)8-2)12-19-15(4)10-14(3)11-16(19)5/h10-11,17-18,20H,7-9,12-13H2,1-6H3. The van der Waals surface area contributed by atoms with Crippen molar-refractivity contribution in [1.29, 1.82) is 0 Å². The quantitative estimate of drug-likeness (QED) is 0.685. The maximum Gasteiger partial charge on any atom is 0.0198 e. The first-order valence-electron chi connectivity index (χ1n) is 8.39. The van der Waals surface area contributed by atoms with E-state index in [-0.39, 0.29) is 0 Å². The van der Waals surface area contributed by atoms with Crippen LogP contribution < -0.4 is 5.32 Å². The van der Waals surface area contributed by atoms with Crippen molar-refractivity contribution < 1.29 is 0 Å². The van der Waals surface area contributed by atoms with E-state index in [1.165, 1.54) is 35.3 Å². The van der Waals surface area contributed by atoms with Gasteiger partial charge in [-0.2, -0.15) is 11.8 Å². The maximum absolute atomic E-state index is 3.75. The first kappa shape index (κ1) is 18.6. The van der Waals surface area contributed by atoms with Gasteiger partial charge in [-0.25, -0.2) is 0 Å². The topological polar surface area (TPSA) is 12.0 Å². The lowest BCUT2D eigenvalue weighted by atomic mass is 9.95. The molecule has 0 heterocycles. The van der Waals surface area contributed by atoms with Crippen LogP contribution in [0.15, 0.2) is 12.1 Å². The second kappa shape index (κ2) is 9.53. The van der Waals surface area contributed by atoms with Crippen molar-refractivity contribution in [3.05, 3.63) is 34.4 Å². The van der Waals surface area contributed by atoms with Crippen LogP contribution in [0.5, 0.6) is 0 Å². The lowest BCUT2D eigenvalue weighted by molar-refractivity contribution is 0.547. The van der Waals surface area contributed by atoms with E-state index in [2.05, 4.69) is 70.8 Å². The number of thioether (sulfide) groups is 1. The summed E-state index contributed by atoms with van der Waals surface area (Å²) in [5, 5.41) is 4.51. The van der Waals surface area contributed by atoms with Gasteiger partial charge in [0.2, 0.25) is 0 Å². The average molecular weight is 308 g/mol.